The first kappa shape index (κ1) is 25.3. The maximum absolute atomic E-state index is 12.9. The molecule has 0 radical (unpaired) electrons. The Morgan fingerprint density at radius 1 is 0.882 bits per heavy atom. The summed E-state index contributed by atoms with van der Waals surface area (Å²) >= 11 is 6.24. The van der Waals surface area contributed by atoms with Gasteiger partial charge in [0.15, 0.2) is 9.84 Å². The first-order chi connectivity index (χ1) is 15.9. The Hall–Kier alpha value is -3.36. The van der Waals surface area contributed by atoms with Crippen LogP contribution in [0, 0.1) is 20.8 Å². The van der Waals surface area contributed by atoms with E-state index >= 15 is 0 Å². The van der Waals surface area contributed by atoms with Crippen molar-refractivity contribution in [3.63, 3.8) is 0 Å². The molecule has 0 spiro atoms. The molecule has 34 heavy (non-hydrogen) atoms. The Balaban J connectivity index is 1.78. The highest BCUT2D eigenvalue weighted by atomic mass is 35.5. The van der Waals surface area contributed by atoms with Gasteiger partial charge in [-0.1, -0.05) is 35.4 Å². The topological polar surface area (TPSA) is 113 Å². The third-order valence-electron chi connectivity index (χ3n) is 5.55. The van der Waals surface area contributed by atoms with Crippen molar-refractivity contribution >= 4 is 44.6 Å². The number of carbonyl (C=O) groups excluding carboxylic acids is 2. The zero-order chi connectivity index (χ0) is 25.2. The van der Waals surface area contributed by atoms with Crippen molar-refractivity contribution in [1.82, 2.24) is 0 Å². The number of phenolic OH excluding ortho intramolecular Hbond substituents is 1. The molecule has 2 amide bonds. The molecule has 3 N–H and O–H groups in total. The van der Waals surface area contributed by atoms with Crippen LogP contribution in [0.4, 0.5) is 11.4 Å². The van der Waals surface area contributed by atoms with Gasteiger partial charge in [0.25, 0.3) is 5.91 Å². The quantitative estimate of drug-likeness (QED) is 0.411. The second-order valence-corrected chi connectivity index (χ2v) is 10.8. The molecule has 7 nitrogen and oxygen atoms in total. The summed E-state index contributed by atoms with van der Waals surface area (Å²) in [7, 11) is -3.95. The summed E-state index contributed by atoms with van der Waals surface area (Å²) in [4.78, 5) is 25.2. The molecule has 0 aliphatic carbocycles. The molecule has 3 aromatic carbocycles. The average molecular weight is 501 g/mol. The molecule has 0 aromatic heterocycles. The van der Waals surface area contributed by atoms with Gasteiger partial charge in [-0.05, 0) is 69.2 Å². The number of rotatable bonds is 6. The van der Waals surface area contributed by atoms with E-state index in [1.54, 1.807) is 37.3 Å². The summed E-state index contributed by atoms with van der Waals surface area (Å²) < 4.78 is 25.8. The van der Waals surface area contributed by atoms with Crippen molar-refractivity contribution in [3.8, 4) is 5.75 Å². The van der Waals surface area contributed by atoms with Gasteiger partial charge in [0.1, 0.15) is 11.0 Å². The summed E-state index contributed by atoms with van der Waals surface area (Å²) in [5, 5.41) is 14.0. The molecule has 3 aromatic rings. The van der Waals surface area contributed by atoms with Gasteiger partial charge in [-0.25, -0.2) is 8.42 Å². The molecule has 0 saturated carbocycles. The van der Waals surface area contributed by atoms with Crippen LogP contribution in [0.3, 0.4) is 0 Å². The van der Waals surface area contributed by atoms with E-state index in [9.17, 15) is 23.1 Å². The van der Waals surface area contributed by atoms with Gasteiger partial charge in [-0.3, -0.25) is 9.59 Å². The Kier molecular flexibility index (Phi) is 7.33. The molecule has 0 bridgehead atoms. The predicted molar refractivity (Wildman–Crippen MR) is 133 cm³/mol. The van der Waals surface area contributed by atoms with Crippen molar-refractivity contribution < 1.29 is 23.1 Å². The van der Waals surface area contributed by atoms with Crippen LogP contribution >= 0.6 is 11.6 Å². The molecule has 0 saturated heterocycles. The van der Waals surface area contributed by atoms with Gasteiger partial charge in [-0.15, -0.1) is 0 Å². The number of carbonyl (C=O) groups is 2. The molecule has 178 valence electrons. The van der Waals surface area contributed by atoms with E-state index in [2.05, 4.69) is 10.6 Å². The Bertz CT molecular complexity index is 1370. The minimum absolute atomic E-state index is 0.0136. The SMILES string of the molecule is Cc1ccc(C(=O)Nc2cc(Cl)c(NC(=O)C(C)S(=O)(=O)c3ccc(C)c(C)c3)cc2O)cc1. The van der Waals surface area contributed by atoms with E-state index < -0.39 is 26.9 Å². The van der Waals surface area contributed by atoms with Crippen LogP contribution in [0.15, 0.2) is 59.5 Å². The molecule has 3 rings (SSSR count). The van der Waals surface area contributed by atoms with Crippen LogP contribution in [-0.4, -0.2) is 30.6 Å². The minimum Gasteiger partial charge on any atom is -0.506 e. The molecule has 1 unspecified atom stereocenters. The van der Waals surface area contributed by atoms with E-state index in [1.165, 1.54) is 25.1 Å². The average Bonchev–Trinajstić information content (AvgIpc) is 2.78. The first-order valence-electron chi connectivity index (χ1n) is 10.4. The van der Waals surface area contributed by atoms with Crippen LogP contribution in [0.2, 0.25) is 5.02 Å². The van der Waals surface area contributed by atoms with Gasteiger partial charge in [0.2, 0.25) is 5.91 Å². The van der Waals surface area contributed by atoms with Crippen LogP contribution in [0.5, 0.6) is 5.75 Å². The monoisotopic (exact) mass is 500 g/mol. The molecule has 0 heterocycles. The normalized spacial score (nSPS) is 12.1. The number of hydrogen-bond donors (Lipinski definition) is 3. The summed E-state index contributed by atoms with van der Waals surface area (Å²) in [6.07, 6.45) is 0. The molecule has 9 heteroatoms. The van der Waals surface area contributed by atoms with Crippen molar-refractivity contribution in [1.29, 1.82) is 0 Å². The predicted octanol–water partition coefficient (Wildman–Crippen LogP) is 5.02. The highest BCUT2D eigenvalue weighted by Crippen LogP contribution is 2.34. The third kappa shape index (κ3) is 5.40. The lowest BCUT2D eigenvalue weighted by molar-refractivity contribution is -0.115. The first-order valence-corrected chi connectivity index (χ1v) is 12.3. The smallest absolute Gasteiger partial charge is 0.255 e. The molecule has 0 aliphatic rings. The van der Waals surface area contributed by atoms with E-state index in [4.69, 9.17) is 11.6 Å². The standard InChI is InChI=1S/C25H25ClN2O5S/c1-14-5-8-18(9-6-14)25(31)28-22-12-20(26)21(13-23(22)29)27-24(30)17(4)34(32,33)19-10-7-15(2)16(3)11-19/h5-13,17,29H,1-4H3,(H,27,30)(H,28,31). The minimum atomic E-state index is -3.95. The summed E-state index contributed by atoms with van der Waals surface area (Å²) in [5.41, 5.74) is 3.18. The van der Waals surface area contributed by atoms with E-state index in [0.29, 0.717) is 5.56 Å². The fraction of sp³-hybridized carbons (Fsp3) is 0.200. The summed E-state index contributed by atoms with van der Waals surface area (Å²) in [5.74, 6) is -1.60. The lowest BCUT2D eigenvalue weighted by Gasteiger charge is -2.16. The highest BCUT2D eigenvalue weighted by molar-refractivity contribution is 7.92. The Labute approximate surface area is 203 Å². The van der Waals surface area contributed by atoms with Crippen LogP contribution in [0.25, 0.3) is 0 Å². The Morgan fingerprint density at radius 3 is 2.15 bits per heavy atom. The van der Waals surface area contributed by atoms with Gasteiger partial charge >= 0.3 is 0 Å². The van der Waals surface area contributed by atoms with Gasteiger partial charge in [-0.2, -0.15) is 0 Å². The number of sulfone groups is 1. The summed E-state index contributed by atoms with van der Waals surface area (Å²) in [6.45, 7) is 6.84. The third-order valence-corrected chi connectivity index (χ3v) is 7.92. The lowest BCUT2D eigenvalue weighted by atomic mass is 10.1. The second-order valence-electron chi connectivity index (χ2n) is 8.09. The fourth-order valence-electron chi connectivity index (χ4n) is 3.13. The number of halogens is 1. The molecule has 0 aliphatic heterocycles. The second kappa shape index (κ2) is 9.87. The fourth-order valence-corrected chi connectivity index (χ4v) is 4.69. The van der Waals surface area contributed by atoms with E-state index in [0.717, 1.165) is 22.8 Å². The van der Waals surface area contributed by atoms with Gasteiger partial charge in [0.05, 0.1) is 21.3 Å². The highest BCUT2D eigenvalue weighted by Gasteiger charge is 2.30. The number of aromatic hydroxyl groups is 1. The van der Waals surface area contributed by atoms with E-state index in [-0.39, 0.29) is 27.0 Å². The van der Waals surface area contributed by atoms with Gasteiger partial charge in [0, 0.05) is 11.6 Å². The lowest BCUT2D eigenvalue weighted by Crippen LogP contribution is -2.32. The number of amides is 2. The Morgan fingerprint density at radius 2 is 1.53 bits per heavy atom. The zero-order valence-electron chi connectivity index (χ0n) is 19.1. The van der Waals surface area contributed by atoms with E-state index in [1.807, 2.05) is 13.8 Å². The summed E-state index contributed by atoms with van der Waals surface area (Å²) in [6, 6.07) is 14.0. The maximum atomic E-state index is 12.9. The van der Waals surface area contributed by atoms with Crippen molar-refractivity contribution in [2.45, 2.75) is 37.8 Å². The number of phenols is 1. The van der Waals surface area contributed by atoms with Crippen LogP contribution in [0.1, 0.15) is 34.0 Å². The number of benzene rings is 3. The zero-order valence-corrected chi connectivity index (χ0v) is 20.7. The number of hydrogen-bond acceptors (Lipinski definition) is 5. The maximum Gasteiger partial charge on any atom is 0.255 e. The number of anilines is 2. The molecule has 1 atom stereocenters. The van der Waals surface area contributed by atoms with Crippen LogP contribution in [-0.2, 0) is 14.6 Å². The number of nitrogens with one attached hydrogen (secondary N) is 2. The van der Waals surface area contributed by atoms with Crippen molar-refractivity contribution in [3.05, 3.63) is 81.9 Å². The van der Waals surface area contributed by atoms with Crippen molar-refractivity contribution in [2.75, 3.05) is 10.6 Å². The van der Waals surface area contributed by atoms with Crippen LogP contribution < -0.4 is 10.6 Å². The number of aryl methyl sites for hydroxylation is 3. The molecular formula is C25H25ClN2O5S. The van der Waals surface area contributed by atoms with Crippen molar-refractivity contribution in [2.24, 2.45) is 0 Å². The largest absolute Gasteiger partial charge is 0.506 e. The molecular weight excluding hydrogens is 476 g/mol. The molecule has 0 fully saturated rings. The van der Waals surface area contributed by atoms with Gasteiger partial charge < -0.3 is 15.7 Å².